The molecule has 144 valence electrons. The summed E-state index contributed by atoms with van der Waals surface area (Å²) in [4.78, 5) is 20.1. The van der Waals surface area contributed by atoms with Gasteiger partial charge in [-0.15, -0.1) is 11.3 Å². The molecule has 4 aromatic heterocycles. The molecule has 0 fully saturated rings. The van der Waals surface area contributed by atoms with Gasteiger partial charge in [-0.3, -0.25) is 9.48 Å². The molecule has 0 radical (unpaired) electrons. The van der Waals surface area contributed by atoms with E-state index in [-0.39, 0.29) is 12.5 Å². The highest BCUT2D eigenvalue weighted by Crippen LogP contribution is 2.32. The Bertz CT molecular complexity index is 1110. The van der Waals surface area contributed by atoms with Gasteiger partial charge >= 0.3 is 0 Å². The van der Waals surface area contributed by atoms with Crippen LogP contribution in [0.3, 0.4) is 0 Å². The first kappa shape index (κ1) is 18.4. The quantitative estimate of drug-likeness (QED) is 0.503. The van der Waals surface area contributed by atoms with Crippen molar-refractivity contribution in [3.05, 3.63) is 53.4 Å². The smallest absolute Gasteiger partial charge is 0.244 e. The second kappa shape index (κ2) is 7.55. The van der Waals surface area contributed by atoms with Gasteiger partial charge in [0.2, 0.25) is 5.91 Å². The molecule has 0 aromatic carbocycles. The summed E-state index contributed by atoms with van der Waals surface area (Å²) < 4.78 is 3.55. The van der Waals surface area contributed by atoms with Crippen molar-refractivity contribution in [3.63, 3.8) is 0 Å². The lowest BCUT2D eigenvalue weighted by Gasteiger charge is -2.16. The number of amides is 1. The van der Waals surface area contributed by atoms with Crippen molar-refractivity contribution >= 4 is 28.3 Å². The van der Waals surface area contributed by atoms with Gasteiger partial charge in [-0.2, -0.15) is 10.2 Å². The summed E-state index contributed by atoms with van der Waals surface area (Å²) in [6.07, 6.45) is 3.70. The van der Waals surface area contributed by atoms with Crippen molar-refractivity contribution < 1.29 is 4.79 Å². The molecule has 0 aliphatic carbocycles. The van der Waals surface area contributed by atoms with Crippen LogP contribution in [0.25, 0.3) is 21.5 Å². The fourth-order valence-corrected chi connectivity index (χ4v) is 4.03. The molecule has 4 aromatic rings. The van der Waals surface area contributed by atoms with Crippen LogP contribution in [0.4, 0.5) is 0 Å². The maximum absolute atomic E-state index is 12.8. The van der Waals surface area contributed by atoms with Crippen LogP contribution in [0.15, 0.2) is 42.0 Å². The lowest BCUT2D eigenvalue weighted by molar-refractivity contribution is -0.131. The Morgan fingerprint density at radius 3 is 2.82 bits per heavy atom. The fourth-order valence-electron chi connectivity index (χ4n) is 3.27. The van der Waals surface area contributed by atoms with Gasteiger partial charge in [-0.05, 0) is 37.4 Å². The maximum atomic E-state index is 12.8. The molecule has 0 spiro atoms. The van der Waals surface area contributed by atoms with Crippen molar-refractivity contribution in [3.8, 4) is 10.4 Å². The third kappa shape index (κ3) is 3.43. The molecule has 0 aliphatic heterocycles. The Morgan fingerprint density at radius 2 is 2.11 bits per heavy atom. The molecule has 4 rings (SSSR count). The van der Waals surface area contributed by atoms with Crippen LogP contribution in [-0.4, -0.2) is 42.4 Å². The Hall–Kier alpha value is -3.00. The Kier molecular flexibility index (Phi) is 4.95. The molecular formula is C20H22N6OS. The van der Waals surface area contributed by atoms with Gasteiger partial charge in [0, 0.05) is 36.4 Å². The maximum Gasteiger partial charge on any atom is 0.244 e. The minimum atomic E-state index is -0.0289. The molecule has 7 nitrogen and oxygen atoms in total. The number of hydrogen-bond acceptors (Lipinski definition) is 5. The summed E-state index contributed by atoms with van der Waals surface area (Å²) >= 11 is 1.68. The number of likely N-dealkylation sites (N-methyl/N-ethyl adjacent to an activating group) is 1. The zero-order valence-electron chi connectivity index (χ0n) is 16.2. The van der Waals surface area contributed by atoms with E-state index in [2.05, 4.69) is 26.6 Å². The molecule has 0 atom stereocenters. The second-order valence-electron chi connectivity index (χ2n) is 6.69. The number of carbonyl (C=O) groups excluding carboxylic acids is 1. The fraction of sp³-hybridized carbons (Fsp3) is 0.300. The number of rotatable bonds is 6. The van der Waals surface area contributed by atoms with Crippen LogP contribution in [-0.2, 0) is 24.4 Å². The minimum Gasteiger partial charge on any atom is -0.338 e. The van der Waals surface area contributed by atoms with Crippen LogP contribution >= 0.6 is 11.3 Å². The lowest BCUT2D eigenvalue weighted by Crippen LogP contribution is -2.30. The number of hydrogen-bond donors (Lipinski definition) is 0. The van der Waals surface area contributed by atoms with E-state index in [1.54, 1.807) is 34.2 Å². The van der Waals surface area contributed by atoms with Gasteiger partial charge in [0.1, 0.15) is 6.54 Å². The van der Waals surface area contributed by atoms with Crippen molar-refractivity contribution in [1.82, 2.24) is 29.4 Å². The first-order chi connectivity index (χ1) is 13.6. The Morgan fingerprint density at radius 1 is 1.25 bits per heavy atom. The lowest BCUT2D eigenvalue weighted by atomic mass is 10.1. The molecule has 8 heteroatoms. The van der Waals surface area contributed by atoms with Crippen molar-refractivity contribution in [2.75, 3.05) is 7.05 Å². The third-order valence-electron chi connectivity index (χ3n) is 4.72. The summed E-state index contributed by atoms with van der Waals surface area (Å²) in [7, 11) is 1.79. The Balaban J connectivity index is 1.57. The van der Waals surface area contributed by atoms with Gasteiger partial charge < -0.3 is 4.90 Å². The third-order valence-corrected chi connectivity index (χ3v) is 5.63. The SMILES string of the molecule is CCn1ccc(CN(C)C(=O)Cn2nc(C)c3c(-c4cccs4)ccnc32)n1. The zero-order chi connectivity index (χ0) is 19.7. The topological polar surface area (TPSA) is 68.8 Å². The number of carbonyl (C=O) groups is 1. The first-order valence-electron chi connectivity index (χ1n) is 9.19. The summed E-state index contributed by atoms with van der Waals surface area (Å²) in [5.74, 6) is -0.0289. The normalized spacial score (nSPS) is 11.2. The van der Waals surface area contributed by atoms with Crippen LogP contribution in [0.5, 0.6) is 0 Å². The monoisotopic (exact) mass is 394 g/mol. The predicted octanol–water partition coefficient (Wildman–Crippen LogP) is 3.34. The minimum absolute atomic E-state index is 0.0289. The van der Waals surface area contributed by atoms with Gasteiger partial charge in [-0.1, -0.05) is 6.07 Å². The highest BCUT2D eigenvalue weighted by atomic mass is 32.1. The van der Waals surface area contributed by atoms with Crippen LogP contribution in [0, 0.1) is 6.92 Å². The first-order valence-corrected chi connectivity index (χ1v) is 10.1. The summed E-state index contributed by atoms with van der Waals surface area (Å²) in [6, 6.07) is 8.07. The van der Waals surface area contributed by atoms with Crippen molar-refractivity contribution in [2.45, 2.75) is 33.5 Å². The van der Waals surface area contributed by atoms with Gasteiger partial charge in [0.05, 0.1) is 23.3 Å². The van der Waals surface area contributed by atoms with E-state index in [0.717, 1.165) is 34.5 Å². The van der Waals surface area contributed by atoms with Crippen LogP contribution < -0.4 is 0 Å². The van der Waals surface area contributed by atoms with Gasteiger partial charge in [0.15, 0.2) is 5.65 Å². The van der Waals surface area contributed by atoms with E-state index in [9.17, 15) is 4.79 Å². The van der Waals surface area contributed by atoms with Crippen LogP contribution in [0.1, 0.15) is 18.3 Å². The van der Waals surface area contributed by atoms with E-state index in [1.807, 2.05) is 42.9 Å². The standard InChI is InChI=1S/C20H22N6OS/c1-4-25-10-8-15(23-25)12-24(3)18(27)13-26-20-19(14(2)22-26)16(7-9-21-20)17-6-5-11-28-17/h5-11H,4,12-13H2,1-3H3. The predicted molar refractivity (Wildman–Crippen MR) is 110 cm³/mol. The summed E-state index contributed by atoms with van der Waals surface area (Å²) in [6.45, 7) is 5.43. The Labute approximate surface area is 167 Å². The van der Waals surface area contributed by atoms with Crippen LogP contribution in [0.2, 0.25) is 0 Å². The molecule has 0 aliphatic rings. The number of fused-ring (bicyclic) bond motifs is 1. The van der Waals surface area contributed by atoms with E-state index in [4.69, 9.17) is 0 Å². The molecule has 0 unspecified atom stereocenters. The summed E-state index contributed by atoms with van der Waals surface area (Å²) in [5, 5.41) is 12.1. The highest BCUT2D eigenvalue weighted by molar-refractivity contribution is 7.13. The molecule has 28 heavy (non-hydrogen) atoms. The second-order valence-corrected chi connectivity index (χ2v) is 7.64. The van der Waals surface area contributed by atoms with E-state index in [0.29, 0.717) is 6.54 Å². The van der Waals surface area contributed by atoms with Crippen molar-refractivity contribution in [1.29, 1.82) is 0 Å². The number of nitrogens with zero attached hydrogens (tertiary/aromatic N) is 6. The average molecular weight is 395 g/mol. The average Bonchev–Trinajstić information content (AvgIpc) is 3.43. The van der Waals surface area contributed by atoms with Gasteiger partial charge in [0.25, 0.3) is 0 Å². The largest absolute Gasteiger partial charge is 0.338 e. The number of aromatic nitrogens is 5. The molecule has 4 heterocycles. The zero-order valence-corrected chi connectivity index (χ0v) is 17.0. The van der Waals surface area contributed by atoms with Crippen molar-refractivity contribution in [2.24, 2.45) is 0 Å². The highest BCUT2D eigenvalue weighted by Gasteiger charge is 2.18. The number of aryl methyl sites for hydroxylation is 2. The molecule has 0 saturated carbocycles. The number of thiophene rings is 1. The number of pyridine rings is 1. The summed E-state index contributed by atoms with van der Waals surface area (Å²) in [5.41, 5.74) is 3.59. The molecule has 0 N–H and O–H groups in total. The van der Waals surface area contributed by atoms with E-state index in [1.165, 1.54) is 4.88 Å². The molecule has 0 bridgehead atoms. The van der Waals surface area contributed by atoms with E-state index >= 15 is 0 Å². The van der Waals surface area contributed by atoms with E-state index < -0.39 is 0 Å². The molecule has 1 amide bonds. The molecular weight excluding hydrogens is 372 g/mol. The molecule has 0 saturated heterocycles. The van der Waals surface area contributed by atoms with Gasteiger partial charge in [-0.25, -0.2) is 9.67 Å².